The number of aliphatic hydroxyl groups is 1. The molecule has 1 aromatic rings. The molecule has 0 atom stereocenters. The van der Waals surface area contributed by atoms with Gasteiger partial charge in [0.1, 0.15) is 5.56 Å². The Morgan fingerprint density at radius 2 is 1.94 bits per heavy atom. The number of nitro groups is 1. The van der Waals surface area contributed by atoms with E-state index in [1.807, 2.05) is 0 Å². The van der Waals surface area contributed by atoms with Gasteiger partial charge >= 0.3 is 5.97 Å². The minimum atomic E-state index is -1.29. The van der Waals surface area contributed by atoms with Crippen molar-refractivity contribution in [1.82, 2.24) is 0 Å². The molecule has 0 saturated carbocycles. The molecule has 0 aromatic heterocycles. The second-order valence-corrected chi connectivity index (χ2v) is 2.59. The van der Waals surface area contributed by atoms with Gasteiger partial charge in [0.2, 0.25) is 0 Å². The van der Waals surface area contributed by atoms with E-state index >= 15 is 0 Å². The average molecular weight is 228 g/mol. The molecule has 0 aliphatic carbocycles. The number of nitro benzene ring substituents is 1. The molecule has 0 spiro atoms. The van der Waals surface area contributed by atoms with Gasteiger partial charge < -0.3 is 15.9 Å². The van der Waals surface area contributed by atoms with Crippen molar-refractivity contribution in [2.24, 2.45) is 5.73 Å². The third kappa shape index (κ3) is 4.49. The van der Waals surface area contributed by atoms with E-state index in [0.717, 1.165) is 6.07 Å². The van der Waals surface area contributed by atoms with Gasteiger partial charge in [-0.1, -0.05) is 12.1 Å². The van der Waals surface area contributed by atoms with E-state index in [9.17, 15) is 14.9 Å². The van der Waals surface area contributed by atoms with Crippen molar-refractivity contribution >= 4 is 11.7 Å². The van der Waals surface area contributed by atoms with Crippen LogP contribution in [0.3, 0.4) is 0 Å². The van der Waals surface area contributed by atoms with E-state index in [-0.39, 0.29) is 17.9 Å². The Bertz CT molecular complexity index is 332. The lowest BCUT2D eigenvalue weighted by molar-refractivity contribution is -0.385. The quantitative estimate of drug-likeness (QED) is 0.502. The average Bonchev–Trinajstić information content (AvgIpc) is 2.29. The smallest absolute Gasteiger partial charge is 0.342 e. The first kappa shape index (κ1) is 14.0. The first-order chi connectivity index (χ1) is 7.54. The van der Waals surface area contributed by atoms with Crippen molar-refractivity contribution in [3.8, 4) is 0 Å². The molecule has 1 rings (SSSR count). The molecule has 0 fully saturated rings. The van der Waals surface area contributed by atoms with Gasteiger partial charge in [0.15, 0.2) is 0 Å². The molecule has 0 aliphatic heterocycles. The molecule has 7 heteroatoms. The predicted molar refractivity (Wildman–Crippen MR) is 56.2 cm³/mol. The number of carboxylic acids is 1. The monoisotopic (exact) mass is 228 g/mol. The van der Waals surface area contributed by atoms with Crippen molar-refractivity contribution in [3.63, 3.8) is 0 Å². The van der Waals surface area contributed by atoms with Gasteiger partial charge in [-0.3, -0.25) is 10.1 Å². The van der Waals surface area contributed by atoms with Gasteiger partial charge in [-0.05, 0) is 6.07 Å². The molecule has 0 heterocycles. The normalized spacial score (nSPS) is 8.88. The number of aromatic carboxylic acids is 1. The highest BCUT2D eigenvalue weighted by molar-refractivity contribution is 5.92. The molecule has 0 aliphatic rings. The van der Waals surface area contributed by atoms with Crippen molar-refractivity contribution in [2.45, 2.75) is 0 Å². The fraction of sp³-hybridized carbons (Fsp3) is 0.222. The summed E-state index contributed by atoms with van der Waals surface area (Å²) in [6.07, 6.45) is 0. The van der Waals surface area contributed by atoms with Crippen LogP contribution in [0.2, 0.25) is 0 Å². The summed E-state index contributed by atoms with van der Waals surface area (Å²) < 4.78 is 0. The summed E-state index contributed by atoms with van der Waals surface area (Å²) in [5.41, 5.74) is 4.10. The predicted octanol–water partition coefficient (Wildman–Crippen LogP) is 0.230. The van der Waals surface area contributed by atoms with Crippen LogP contribution < -0.4 is 5.73 Å². The van der Waals surface area contributed by atoms with Gasteiger partial charge in [-0.25, -0.2) is 4.79 Å². The summed E-state index contributed by atoms with van der Waals surface area (Å²) in [7, 11) is 0. The molecule has 4 N–H and O–H groups in total. The van der Waals surface area contributed by atoms with Crippen LogP contribution in [0.5, 0.6) is 0 Å². The highest BCUT2D eigenvalue weighted by atomic mass is 16.6. The zero-order valence-corrected chi connectivity index (χ0v) is 8.37. The number of nitrogens with two attached hydrogens (primary N) is 1. The lowest BCUT2D eigenvalue weighted by Gasteiger charge is -1.94. The van der Waals surface area contributed by atoms with E-state index in [1.165, 1.54) is 18.2 Å². The number of hydrogen-bond donors (Lipinski definition) is 3. The minimum Gasteiger partial charge on any atom is -0.477 e. The molecular formula is C9H12N2O5. The Kier molecular flexibility index (Phi) is 6.41. The molecule has 88 valence electrons. The van der Waals surface area contributed by atoms with Gasteiger partial charge in [-0.2, -0.15) is 0 Å². The Hall–Kier alpha value is -1.99. The van der Waals surface area contributed by atoms with Gasteiger partial charge in [-0.15, -0.1) is 0 Å². The topological polar surface area (TPSA) is 127 Å². The number of carbonyl (C=O) groups is 1. The van der Waals surface area contributed by atoms with Crippen LogP contribution in [0, 0.1) is 10.1 Å². The summed E-state index contributed by atoms with van der Waals surface area (Å²) >= 11 is 0. The fourth-order valence-electron chi connectivity index (χ4n) is 0.814. The van der Waals surface area contributed by atoms with E-state index < -0.39 is 10.9 Å². The van der Waals surface area contributed by atoms with Crippen LogP contribution in [0.15, 0.2) is 24.3 Å². The Morgan fingerprint density at radius 3 is 2.25 bits per heavy atom. The van der Waals surface area contributed by atoms with E-state index in [4.69, 9.17) is 15.9 Å². The minimum absolute atomic E-state index is 0.0972. The number of carboxylic acid groups (broad SMARTS) is 1. The van der Waals surface area contributed by atoms with Crippen LogP contribution in [-0.4, -0.2) is 34.3 Å². The first-order valence-corrected chi connectivity index (χ1v) is 4.32. The van der Waals surface area contributed by atoms with E-state index in [2.05, 4.69) is 0 Å². The van der Waals surface area contributed by atoms with Crippen molar-refractivity contribution in [1.29, 1.82) is 0 Å². The van der Waals surface area contributed by atoms with Crippen LogP contribution in [0.1, 0.15) is 10.4 Å². The van der Waals surface area contributed by atoms with Crippen LogP contribution >= 0.6 is 0 Å². The molecule has 16 heavy (non-hydrogen) atoms. The fourth-order valence-corrected chi connectivity index (χ4v) is 0.814. The summed E-state index contributed by atoms with van der Waals surface area (Å²) in [4.78, 5) is 20.0. The van der Waals surface area contributed by atoms with Crippen molar-refractivity contribution < 1.29 is 19.9 Å². The number of benzene rings is 1. The number of rotatable bonds is 3. The summed E-state index contributed by atoms with van der Waals surface area (Å²) in [5.74, 6) is -1.29. The molecule has 0 saturated heterocycles. The van der Waals surface area contributed by atoms with Crippen LogP contribution in [-0.2, 0) is 0 Å². The van der Waals surface area contributed by atoms with E-state index in [0.29, 0.717) is 6.54 Å². The SMILES string of the molecule is NCCO.O=C(O)c1ccccc1[N+](=O)[O-]. The standard InChI is InChI=1S/C7H5NO4.C2H7NO/c9-7(10)5-3-1-2-4-6(5)8(11)12;3-1-2-4/h1-4H,(H,9,10);4H,1-3H2. The molecule has 0 bridgehead atoms. The Balaban J connectivity index is 0.000000487. The third-order valence-electron chi connectivity index (χ3n) is 1.46. The molecule has 0 amide bonds. The molecule has 1 aromatic carbocycles. The van der Waals surface area contributed by atoms with Crippen LogP contribution in [0.4, 0.5) is 5.69 Å². The first-order valence-electron chi connectivity index (χ1n) is 4.32. The molecule has 7 nitrogen and oxygen atoms in total. The lowest BCUT2D eigenvalue weighted by Crippen LogP contribution is -2.02. The number of aliphatic hydroxyl groups excluding tert-OH is 1. The van der Waals surface area contributed by atoms with Gasteiger partial charge in [0, 0.05) is 12.6 Å². The largest absolute Gasteiger partial charge is 0.477 e. The van der Waals surface area contributed by atoms with Crippen molar-refractivity contribution in [3.05, 3.63) is 39.9 Å². The van der Waals surface area contributed by atoms with E-state index in [1.54, 1.807) is 0 Å². The second kappa shape index (κ2) is 7.32. The summed E-state index contributed by atoms with van der Waals surface area (Å²) in [5, 5.41) is 26.5. The summed E-state index contributed by atoms with van der Waals surface area (Å²) in [6.45, 7) is 0.472. The van der Waals surface area contributed by atoms with Gasteiger partial charge in [0.05, 0.1) is 11.5 Å². The Labute approximate surface area is 91.3 Å². The lowest BCUT2D eigenvalue weighted by atomic mass is 10.2. The highest BCUT2D eigenvalue weighted by Crippen LogP contribution is 2.16. The maximum Gasteiger partial charge on any atom is 0.342 e. The second-order valence-electron chi connectivity index (χ2n) is 2.59. The number of para-hydroxylation sites is 1. The maximum absolute atomic E-state index is 10.4. The molecular weight excluding hydrogens is 216 g/mol. The number of nitrogens with zero attached hydrogens (tertiary/aromatic N) is 1. The third-order valence-corrected chi connectivity index (χ3v) is 1.46. The molecule has 0 radical (unpaired) electrons. The van der Waals surface area contributed by atoms with Crippen LogP contribution in [0.25, 0.3) is 0 Å². The zero-order chi connectivity index (χ0) is 12.6. The summed E-state index contributed by atoms with van der Waals surface area (Å²) in [6, 6.07) is 5.21. The van der Waals surface area contributed by atoms with Crippen molar-refractivity contribution in [2.75, 3.05) is 13.2 Å². The Morgan fingerprint density at radius 1 is 1.44 bits per heavy atom. The maximum atomic E-state index is 10.4. The molecule has 0 unspecified atom stereocenters. The number of hydrogen-bond acceptors (Lipinski definition) is 5. The highest BCUT2D eigenvalue weighted by Gasteiger charge is 2.17. The van der Waals surface area contributed by atoms with Gasteiger partial charge in [0.25, 0.3) is 5.69 Å². The zero-order valence-electron chi connectivity index (χ0n) is 8.37.